The SMILES string of the molecule is O=C(Nc1ccc(Nc2ccnc3[nH]c(=O)ccc23)cc1)c1cc(C(F)(F)F)cc(C(F)(F)F)c1. The van der Waals surface area contributed by atoms with Gasteiger partial charge in [0.05, 0.1) is 16.8 Å². The van der Waals surface area contributed by atoms with E-state index < -0.39 is 35.0 Å². The van der Waals surface area contributed by atoms with Gasteiger partial charge in [-0.15, -0.1) is 0 Å². The Balaban J connectivity index is 1.55. The van der Waals surface area contributed by atoms with Gasteiger partial charge in [0, 0.05) is 34.6 Å². The van der Waals surface area contributed by atoms with E-state index in [1.165, 1.54) is 24.4 Å². The van der Waals surface area contributed by atoms with E-state index in [0.29, 0.717) is 34.5 Å². The molecular weight excluding hydrogens is 478 g/mol. The minimum absolute atomic E-state index is 0.0460. The largest absolute Gasteiger partial charge is 0.416 e. The Bertz CT molecular complexity index is 1430. The summed E-state index contributed by atoms with van der Waals surface area (Å²) in [6, 6.07) is 11.2. The number of alkyl halides is 6. The van der Waals surface area contributed by atoms with Gasteiger partial charge in [-0.1, -0.05) is 0 Å². The molecule has 35 heavy (non-hydrogen) atoms. The zero-order chi connectivity index (χ0) is 25.4. The standard InChI is InChI=1S/C23H14F6N4O2/c24-22(25,26)13-9-12(10-14(11-13)23(27,28)29)21(35)32-16-3-1-15(2-4-16)31-18-7-8-30-20-17(18)5-6-19(34)33-20/h1-11H,(H,32,35)(H2,30,31,33,34). The number of halogens is 6. The van der Waals surface area contributed by atoms with Crippen molar-refractivity contribution in [1.82, 2.24) is 9.97 Å². The monoisotopic (exact) mass is 492 g/mol. The Kier molecular flexibility index (Phi) is 5.97. The number of hydrogen-bond donors (Lipinski definition) is 3. The minimum Gasteiger partial charge on any atom is -0.355 e. The van der Waals surface area contributed by atoms with Crippen molar-refractivity contribution < 1.29 is 31.1 Å². The number of hydrogen-bond acceptors (Lipinski definition) is 4. The number of aromatic nitrogens is 2. The number of nitrogens with one attached hydrogen (secondary N) is 3. The molecule has 0 aliphatic carbocycles. The number of nitrogens with zero attached hydrogens (tertiary/aromatic N) is 1. The molecule has 2 aromatic heterocycles. The highest BCUT2D eigenvalue weighted by Crippen LogP contribution is 2.36. The van der Waals surface area contributed by atoms with Crippen molar-refractivity contribution >= 4 is 34.0 Å². The first-order valence-corrected chi connectivity index (χ1v) is 9.86. The Morgan fingerprint density at radius 2 is 1.40 bits per heavy atom. The lowest BCUT2D eigenvalue weighted by molar-refractivity contribution is -0.143. The van der Waals surface area contributed by atoms with Crippen molar-refractivity contribution in [2.24, 2.45) is 0 Å². The Morgan fingerprint density at radius 1 is 0.800 bits per heavy atom. The first kappa shape index (κ1) is 23.8. The third kappa shape index (κ3) is 5.42. The summed E-state index contributed by atoms with van der Waals surface area (Å²) in [6.07, 6.45) is -8.64. The molecule has 0 fully saturated rings. The molecule has 2 aromatic carbocycles. The fourth-order valence-electron chi connectivity index (χ4n) is 3.25. The molecule has 0 spiro atoms. The summed E-state index contributed by atoms with van der Waals surface area (Å²) < 4.78 is 78.2. The zero-order valence-electron chi connectivity index (χ0n) is 17.4. The molecule has 4 rings (SSSR count). The van der Waals surface area contributed by atoms with Crippen LogP contribution in [0.4, 0.5) is 43.4 Å². The number of benzene rings is 2. The first-order valence-electron chi connectivity index (χ1n) is 9.86. The number of aromatic amines is 1. The van der Waals surface area contributed by atoms with E-state index in [9.17, 15) is 35.9 Å². The predicted molar refractivity (Wildman–Crippen MR) is 116 cm³/mol. The molecule has 0 bridgehead atoms. The van der Waals surface area contributed by atoms with Crippen molar-refractivity contribution in [3.05, 3.63) is 93.9 Å². The number of carbonyl (C=O) groups is 1. The van der Waals surface area contributed by atoms with Crippen molar-refractivity contribution in [2.45, 2.75) is 12.4 Å². The number of carbonyl (C=O) groups excluding carboxylic acids is 1. The normalized spacial score (nSPS) is 11.9. The van der Waals surface area contributed by atoms with E-state index in [0.717, 1.165) is 0 Å². The smallest absolute Gasteiger partial charge is 0.355 e. The van der Waals surface area contributed by atoms with Crippen LogP contribution in [0.3, 0.4) is 0 Å². The average Bonchev–Trinajstić information content (AvgIpc) is 2.79. The first-order chi connectivity index (χ1) is 16.4. The van der Waals surface area contributed by atoms with E-state index in [1.54, 1.807) is 24.3 Å². The van der Waals surface area contributed by atoms with Crippen LogP contribution in [0.25, 0.3) is 11.0 Å². The topological polar surface area (TPSA) is 86.9 Å². The summed E-state index contributed by atoms with van der Waals surface area (Å²) in [4.78, 5) is 30.6. The highest BCUT2D eigenvalue weighted by molar-refractivity contribution is 6.04. The van der Waals surface area contributed by atoms with E-state index in [1.807, 2.05) is 0 Å². The zero-order valence-corrected chi connectivity index (χ0v) is 17.4. The summed E-state index contributed by atoms with van der Waals surface area (Å²) in [5.74, 6) is -1.13. The quantitative estimate of drug-likeness (QED) is 0.307. The van der Waals surface area contributed by atoms with Crippen LogP contribution in [0.15, 0.2) is 71.7 Å². The molecule has 0 atom stereocenters. The fraction of sp³-hybridized carbons (Fsp3) is 0.0870. The lowest BCUT2D eigenvalue weighted by atomic mass is 10.0. The molecule has 2 heterocycles. The Morgan fingerprint density at radius 3 is 2.00 bits per heavy atom. The molecule has 0 aliphatic heterocycles. The van der Waals surface area contributed by atoms with E-state index in [-0.39, 0.29) is 17.3 Å². The molecule has 0 saturated carbocycles. The highest BCUT2D eigenvalue weighted by Gasteiger charge is 2.37. The summed E-state index contributed by atoms with van der Waals surface area (Å²) >= 11 is 0. The number of amides is 1. The molecule has 3 N–H and O–H groups in total. The van der Waals surface area contributed by atoms with Gasteiger partial charge in [-0.2, -0.15) is 26.3 Å². The third-order valence-electron chi connectivity index (χ3n) is 4.90. The second-order valence-electron chi connectivity index (χ2n) is 7.39. The van der Waals surface area contributed by atoms with Crippen molar-refractivity contribution in [1.29, 1.82) is 0 Å². The lowest BCUT2D eigenvalue weighted by Crippen LogP contribution is -2.17. The van der Waals surface area contributed by atoms with Crippen LogP contribution in [0.5, 0.6) is 0 Å². The summed E-state index contributed by atoms with van der Waals surface area (Å²) in [5.41, 5.74) is -2.57. The maximum Gasteiger partial charge on any atom is 0.416 e. The van der Waals surface area contributed by atoms with Crippen LogP contribution in [-0.4, -0.2) is 15.9 Å². The van der Waals surface area contributed by atoms with Crippen LogP contribution in [0.1, 0.15) is 21.5 Å². The van der Waals surface area contributed by atoms with Crippen LogP contribution in [-0.2, 0) is 12.4 Å². The van der Waals surface area contributed by atoms with Gasteiger partial charge in [-0.3, -0.25) is 9.59 Å². The van der Waals surface area contributed by atoms with Crippen molar-refractivity contribution in [2.75, 3.05) is 10.6 Å². The van der Waals surface area contributed by atoms with E-state index >= 15 is 0 Å². The number of fused-ring (bicyclic) bond motifs is 1. The molecule has 4 aromatic rings. The van der Waals surface area contributed by atoms with Crippen LogP contribution >= 0.6 is 0 Å². The van der Waals surface area contributed by atoms with Crippen molar-refractivity contribution in [3.8, 4) is 0 Å². The van der Waals surface area contributed by atoms with Gasteiger partial charge in [-0.25, -0.2) is 4.98 Å². The van der Waals surface area contributed by atoms with Gasteiger partial charge in [0.1, 0.15) is 5.65 Å². The van der Waals surface area contributed by atoms with Crippen LogP contribution in [0.2, 0.25) is 0 Å². The summed E-state index contributed by atoms with van der Waals surface area (Å²) in [6.45, 7) is 0. The second-order valence-corrected chi connectivity index (χ2v) is 7.39. The molecular formula is C23H14F6N4O2. The molecule has 12 heteroatoms. The number of rotatable bonds is 4. The van der Waals surface area contributed by atoms with Gasteiger partial charge in [0.25, 0.3) is 5.91 Å². The van der Waals surface area contributed by atoms with E-state index in [4.69, 9.17) is 0 Å². The summed E-state index contributed by atoms with van der Waals surface area (Å²) in [5, 5.41) is 6.03. The van der Waals surface area contributed by atoms with Crippen LogP contribution in [0, 0.1) is 0 Å². The Hall–Kier alpha value is -4.35. The number of H-pyrrole nitrogens is 1. The van der Waals surface area contributed by atoms with E-state index in [2.05, 4.69) is 20.6 Å². The highest BCUT2D eigenvalue weighted by atomic mass is 19.4. The maximum atomic E-state index is 13.0. The second kappa shape index (κ2) is 8.78. The van der Waals surface area contributed by atoms with Gasteiger partial charge in [-0.05, 0) is 54.6 Å². The number of anilines is 3. The predicted octanol–water partition coefficient (Wildman–Crippen LogP) is 5.96. The molecule has 0 radical (unpaired) electrons. The van der Waals surface area contributed by atoms with Crippen molar-refractivity contribution in [3.63, 3.8) is 0 Å². The van der Waals surface area contributed by atoms with Gasteiger partial charge in [0.2, 0.25) is 5.56 Å². The molecule has 0 aliphatic rings. The molecule has 0 saturated heterocycles. The molecule has 6 nitrogen and oxygen atoms in total. The lowest BCUT2D eigenvalue weighted by Gasteiger charge is -2.14. The molecule has 1 amide bonds. The summed E-state index contributed by atoms with van der Waals surface area (Å²) in [7, 11) is 0. The maximum absolute atomic E-state index is 13.0. The van der Waals surface area contributed by atoms with Gasteiger partial charge >= 0.3 is 12.4 Å². The van der Waals surface area contributed by atoms with Crippen LogP contribution < -0.4 is 16.2 Å². The fourth-order valence-corrected chi connectivity index (χ4v) is 3.25. The Labute approximate surface area is 192 Å². The van der Waals surface area contributed by atoms with Gasteiger partial charge < -0.3 is 15.6 Å². The number of pyridine rings is 2. The average molecular weight is 492 g/mol. The van der Waals surface area contributed by atoms with Gasteiger partial charge in [0.15, 0.2) is 0 Å². The minimum atomic E-state index is -5.06. The molecule has 180 valence electrons. The third-order valence-corrected chi connectivity index (χ3v) is 4.90. The molecule has 0 unspecified atom stereocenters.